The third-order valence-electron chi connectivity index (χ3n) is 3.09. The maximum absolute atomic E-state index is 11.7. The second-order valence-electron chi connectivity index (χ2n) is 4.77. The molecule has 0 aliphatic rings. The molecule has 112 valence electrons. The molecule has 1 rings (SSSR count). The number of aliphatic hydroxyl groups excluding tert-OH is 3. The minimum absolute atomic E-state index is 0.0749. The van der Waals surface area contributed by atoms with Crippen molar-refractivity contribution in [2.24, 2.45) is 5.41 Å². The maximum Gasteiger partial charge on any atom is 0.307 e. The molecule has 0 radical (unpaired) electrons. The van der Waals surface area contributed by atoms with Crippen LogP contribution in [-0.2, 0) is 9.53 Å². The Labute approximate surface area is 123 Å². The Bertz CT molecular complexity index is 397. The summed E-state index contributed by atoms with van der Waals surface area (Å²) in [6, 6.07) is 9.33. The summed E-state index contributed by atoms with van der Waals surface area (Å²) in [6.45, 7) is -1.62. The molecule has 3 N–H and O–H groups in total. The molecule has 1 aromatic rings. The van der Waals surface area contributed by atoms with E-state index in [4.69, 9.17) is 20.1 Å². The summed E-state index contributed by atoms with van der Waals surface area (Å²) in [5.41, 5.74) is -0.292. The molecule has 0 aliphatic heterocycles. The molecule has 0 spiro atoms. The average molecular weight is 300 g/mol. The number of carbonyl (C=O) groups excluding carboxylic acids is 1. The third kappa shape index (κ3) is 4.79. The smallest absolute Gasteiger partial charge is 0.307 e. The van der Waals surface area contributed by atoms with Crippen LogP contribution in [0.25, 0.3) is 0 Å². The van der Waals surface area contributed by atoms with E-state index in [2.05, 4.69) is 12.6 Å². The SMILES string of the molecule is O=C(CC(S)c1ccccc1)OCC(CO)(CO)CO. The van der Waals surface area contributed by atoms with Crippen LogP contribution in [0.1, 0.15) is 17.2 Å². The summed E-state index contributed by atoms with van der Waals surface area (Å²) >= 11 is 4.34. The van der Waals surface area contributed by atoms with Gasteiger partial charge in [-0.1, -0.05) is 30.3 Å². The van der Waals surface area contributed by atoms with Gasteiger partial charge in [0.15, 0.2) is 0 Å². The zero-order chi connectivity index (χ0) is 15.0. The number of aliphatic hydroxyl groups is 3. The van der Waals surface area contributed by atoms with E-state index >= 15 is 0 Å². The summed E-state index contributed by atoms with van der Waals surface area (Å²) < 4.78 is 5.00. The molecule has 0 saturated carbocycles. The van der Waals surface area contributed by atoms with Crippen LogP contribution in [-0.4, -0.2) is 47.7 Å². The van der Waals surface area contributed by atoms with Crippen LogP contribution in [0.2, 0.25) is 0 Å². The number of benzene rings is 1. The molecule has 0 saturated heterocycles. The highest BCUT2D eigenvalue weighted by atomic mass is 32.1. The van der Waals surface area contributed by atoms with Gasteiger partial charge in [-0.25, -0.2) is 0 Å². The Morgan fingerprint density at radius 1 is 1.15 bits per heavy atom. The van der Waals surface area contributed by atoms with Gasteiger partial charge in [-0.3, -0.25) is 4.79 Å². The highest BCUT2D eigenvalue weighted by molar-refractivity contribution is 7.80. The third-order valence-corrected chi connectivity index (χ3v) is 3.57. The van der Waals surface area contributed by atoms with Crippen LogP contribution in [0, 0.1) is 5.41 Å². The van der Waals surface area contributed by atoms with Crippen LogP contribution in [0.4, 0.5) is 0 Å². The minimum Gasteiger partial charge on any atom is -0.465 e. The van der Waals surface area contributed by atoms with Crippen molar-refractivity contribution < 1.29 is 24.9 Å². The number of carbonyl (C=O) groups is 1. The number of thiol groups is 1. The molecule has 0 aromatic heterocycles. The van der Waals surface area contributed by atoms with Crippen LogP contribution >= 0.6 is 12.6 Å². The van der Waals surface area contributed by atoms with Gasteiger partial charge in [-0.2, -0.15) is 12.6 Å². The predicted octanol–water partition coefficient (Wildman–Crippen LogP) is 0.554. The van der Waals surface area contributed by atoms with Gasteiger partial charge in [0.25, 0.3) is 0 Å². The van der Waals surface area contributed by atoms with E-state index in [-0.39, 0.29) is 18.3 Å². The molecular formula is C14H20O5S. The van der Waals surface area contributed by atoms with Gasteiger partial charge in [-0.15, -0.1) is 0 Å². The van der Waals surface area contributed by atoms with E-state index in [0.717, 1.165) is 5.56 Å². The number of esters is 1. The Hall–Kier alpha value is -1.08. The fourth-order valence-electron chi connectivity index (χ4n) is 1.53. The molecule has 1 aromatic carbocycles. The second kappa shape index (κ2) is 8.26. The first-order valence-corrected chi connectivity index (χ1v) is 6.80. The summed E-state index contributed by atoms with van der Waals surface area (Å²) in [7, 11) is 0. The molecule has 0 aliphatic carbocycles. The first-order chi connectivity index (χ1) is 9.56. The van der Waals surface area contributed by atoms with Crippen LogP contribution in [0.5, 0.6) is 0 Å². The Kier molecular flexibility index (Phi) is 7.01. The zero-order valence-corrected chi connectivity index (χ0v) is 12.0. The minimum atomic E-state index is -1.20. The highest BCUT2D eigenvalue weighted by Gasteiger charge is 2.30. The fraction of sp³-hybridized carbons (Fsp3) is 0.500. The van der Waals surface area contributed by atoms with Gasteiger partial charge in [0, 0.05) is 5.25 Å². The van der Waals surface area contributed by atoms with E-state index < -0.39 is 31.2 Å². The van der Waals surface area contributed by atoms with Gasteiger partial charge < -0.3 is 20.1 Å². The molecule has 1 unspecified atom stereocenters. The van der Waals surface area contributed by atoms with Crippen molar-refractivity contribution in [1.29, 1.82) is 0 Å². The molecule has 1 atom stereocenters. The van der Waals surface area contributed by atoms with Gasteiger partial charge in [0.05, 0.1) is 31.7 Å². The number of hydrogen-bond donors (Lipinski definition) is 4. The molecule has 0 bridgehead atoms. The normalized spacial score (nSPS) is 13.0. The molecular weight excluding hydrogens is 280 g/mol. The molecule has 6 heteroatoms. The monoisotopic (exact) mass is 300 g/mol. The van der Waals surface area contributed by atoms with Gasteiger partial charge >= 0.3 is 5.97 Å². The Morgan fingerprint density at radius 2 is 1.70 bits per heavy atom. The highest BCUT2D eigenvalue weighted by Crippen LogP contribution is 2.24. The van der Waals surface area contributed by atoms with Crippen molar-refractivity contribution >= 4 is 18.6 Å². The van der Waals surface area contributed by atoms with E-state index in [1.165, 1.54) is 0 Å². The summed E-state index contributed by atoms with van der Waals surface area (Å²) in [4.78, 5) is 11.7. The number of hydrogen-bond acceptors (Lipinski definition) is 6. The largest absolute Gasteiger partial charge is 0.465 e. The molecule has 0 amide bonds. The van der Waals surface area contributed by atoms with Crippen LogP contribution < -0.4 is 0 Å². The second-order valence-corrected chi connectivity index (χ2v) is 5.39. The number of rotatable bonds is 8. The van der Waals surface area contributed by atoms with Crippen LogP contribution in [0.3, 0.4) is 0 Å². The van der Waals surface area contributed by atoms with Gasteiger partial charge in [0.2, 0.25) is 0 Å². The van der Waals surface area contributed by atoms with E-state index in [1.807, 2.05) is 30.3 Å². The lowest BCUT2D eigenvalue weighted by Gasteiger charge is -2.26. The quantitative estimate of drug-likeness (QED) is 0.416. The summed E-state index contributed by atoms with van der Waals surface area (Å²) in [5.74, 6) is -0.492. The number of ether oxygens (including phenoxy) is 1. The maximum atomic E-state index is 11.7. The van der Waals surface area contributed by atoms with Crippen molar-refractivity contribution in [2.75, 3.05) is 26.4 Å². The molecule has 20 heavy (non-hydrogen) atoms. The summed E-state index contributed by atoms with van der Waals surface area (Å²) in [5, 5.41) is 27.1. The first-order valence-electron chi connectivity index (χ1n) is 6.28. The van der Waals surface area contributed by atoms with Crippen molar-refractivity contribution in [3.63, 3.8) is 0 Å². The van der Waals surface area contributed by atoms with E-state index in [1.54, 1.807) is 0 Å². The Balaban J connectivity index is 2.48. The molecule has 0 heterocycles. The van der Waals surface area contributed by atoms with Crippen molar-refractivity contribution in [2.45, 2.75) is 11.7 Å². The topological polar surface area (TPSA) is 87.0 Å². The van der Waals surface area contributed by atoms with Gasteiger partial charge in [0.1, 0.15) is 6.61 Å². The van der Waals surface area contributed by atoms with E-state index in [0.29, 0.717) is 0 Å². The van der Waals surface area contributed by atoms with Crippen molar-refractivity contribution in [1.82, 2.24) is 0 Å². The first kappa shape index (κ1) is 17.0. The van der Waals surface area contributed by atoms with E-state index in [9.17, 15) is 4.79 Å². The lowest BCUT2D eigenvalue weighted by atomic mass is 9.93. The van der Waals surface area contributed by atoms with Crippen LogP contribution in [0.15, 0.2) is 30.3 Å². The lowest BCUT2D eigenvalue weighted by molar-refractivity contribution is -0.151. The fourth-order valence-corrected chi connectivity index (χ4v) is 1.85. The summed E-state index contributed by atoms with van der Waals surface area (Å²) in [6.07, 6.45) is 0.0749. The average Bonchev–Trinajstić information content (AvgIpc) is 2.50. The lowest BCUT2D eigenvalue weighted by Crippen LogP contribution is -2.39. The van der Waals surface area contributed by atoms with Crippen molar-refractivity contribution in [3.05, 3.63) is 35.9 Å². The molecule has 0 fully saturated rings. The van der Waals surface area contributed by atoms with Gasteiger partial charge in [-0.05, 0) is 5.56 Å². The van der Waals surface area contributed by atoms with Crippen molar-refractivity contribution in [3.8, 4) is 0 Å². The molecule has 5 nitrogen and oxygen atoms in total. The predicted molar refractivity (Wildman–Crippen MR) is 77.4 cm³/mol. The standard InChI is InChI=1S/C14H20O5S/c15-7-14(8-16,9-17)10-19-13(18)6-12(20)11-4-2-1-3-5-11/h1-5,12,15-17,20H,6-10H2. The zero-order valence-electron chi connectivity index (χ0n) is 11.1. The Morgan fingerprint density at radius 3 is 2.20 bits per heavy atom.